The fraction of sp³-hybridized carbons (Fsp3) is 0.429. The lowest BCUT2D eigenvalue weighted by atomic mass is 9.74. The van der Waals surface area contributed by atoms with Crippen LogP contribution < -0.4 is 0 Å². The van der Waals surface area contributed by atoms with E-state index in [2.05, 4.69) is 90.1 Å². The van der Waals surface area contributed by atoms with Crippen molar-refractivity contribution < 1.29 is 8.83 Å². The van der Waals surface area contributed by atoms with Crippen molar-refractivity contribution in [2.45, 2.75) is 97.3 Å². The van der Waals surface area contributed by atoms with Crippen LogP contribution >= 0.6 is 0 Å². The first-order valence-electron chi connectivity index (χ1n) is 14.6. The van der Waals surface area contributed by atoms with Crippen molar-refractivity contribution in [1.29, 1.82) is 0 Å². The lowest BCUT2D eigenvalue weighted by Crippen LogP contribution is -2.24. The van der Waals surface area contributed by atoms with E-state index in [0.717, 1.165) is 52.9 Å². The Morgan fingerprint density at radius 2 is 1.41 bits per heavy atom. The summed E-state index contributed by atoms with van der Waals surface area (Å²) in [5, 5.41) is 0. The molecule has 2 aliphatic carbocycles. The average molecular weight is 521 g/mol. The summed E-state index contributed by atoms with van der Waals surface area (Å²) in [7, 11) is 0. The number of rotatable bonds is 3. The molecule has 7 rings (SSSR count). The molecule has 0 fully saturated rings. The third kappa shape index (κ3) is 3.94. The van der Waals surface area contributed by atoms with Gasteiger partial charge in [-0.05, 0) is 94.8 Å². The summed E-state index contributed by atoms with van der Waals surface area (Å²) in [6.45, 7) is 17.4. The van der Waals surface area contributed by atoms with Crippen molar-refractivity contribution in [3.8, 4) is 11.5 Å². The quantitative estimate of drug-likeness (QED) is 0.237. The van der Waals surface area contributed by atoms with Gasteiger partial charge in [-0.25, -0.2) is 9.97 Å². The zero-order valence-corrected chi connectivity index (χ0v) is 24.6. The molecule has 0 amide bonds. The molecule has 1 unspecified atom stereocenters. The second-order valence-electron chi connectivity index (χ2n) is 12.5. The lowest BCUT2D eigenvalue weighted by Gasteiger charge is -2.28. The van der Waals surface area contributed by atoms with Gasteiger partial charge in [0.2, 0.25) is 5.89 Å². The van der Waals surface area contributed by atoms with Crippen LogP contribution in [0.15, 0.2) is 57.4 Å². The van der Waals surface area contributed by atoms with Gasteiger partial charge in [-0.15, -0.1) is 0 Å². The molecule has 0 saturated carbocycles. The number of fused-ring (bicyclic) bond motifs is 6. The first-order valence-corrected chi connectivity index (χ1v) is 14.6. The monoisotopic (exact) mass is 520 g/mol. The Bertz CT molecular complexity index is 1680. The van der Waals surface area contributed by atoms with Crippen LogP contribution in [0.5, 0.6) is 0 Å². The summed E-state index contributed by atoms with van der Waals surface area (Å²) in [6, 6.07) is 17.7. The maximum Gasteiger partial charge on any atom is 0.227 e. The van der Waals surface area contributed by atoms with Crippen molar-refractivity contribution >= 4 is 22.2 Å². The molecule has 2 aromatic heterocycles. The van der Waals surface area contributed by atoms with E-state index in [9.17, 15) is 0 Å². The SMILES string of the molecule is CC.CC(C)c1ccc(-c2nc3cc4c(cc3o2)C2(CC4)CC(C)(C)c3cc4nc(C(C)C)oc4cc32)cc1. The van der Waals surface area contributed by atoms with Crippen molar-refractivity contribution in [3.63, 3.8) is 0 Å². The van der Waals surface area contributed by atoms with Crippen molar-refractivity contribution in [1.82, 2.24) is 9.97 Å². The van der Waals surface area contributed by atoms with E-state index in [1.807, 2.05) is 13.8 Å². The topological polar surface area (TPSA) is 52.1 Å². The molecule has 2 aliphatic rings. The molecular formula is C35H40N2O2. The molecule has 1 spiro atoms. The van der Waals surface area contributed by atoms with E-state index in [-0.39, 0.29) is 16.7 Å². The minimum atomic E-state index is -0.0345. The number of oxazole rings is 2. The Labute approximate surface area is 231 Å². The van der Waals surface area contributed by atoms with Crippen molar-refractivity contribution in [2.24, 2.45) is 0 Å². The van der Waals surface area contributed by atoms with Gasteiger partial charge < -0.3 is 8.83 Å². The molecule has 0 radical (unpaired) electrons. The molecule has 39 heavy (non-hydrogen) atoms. The molecule has 5 aromatic rings. The summed E-state index contributed by atoms with van der Waals surface area (Å²) in [4.78, 5) is 9.71. The number of nitrogens with zero attached hydrogens (tertiary/aromatic N) is 2. The molecule has 202 valence electrons. The molecular weight excluding hydrogens is 480 g/mol. The summed E-state index contributed by atoms with van der Waals surface area (Å²) >= 11 is 0. The van der Waals surface area contributed by atoms with E-state index in [1.165, 1.54) is 27.8 Å². The van der Waals surface area contributed by atoms with Gasteiger partial charge in [-0.3, -0.25) is 0 Å². The number of aryl methyl sites for hydroxylation is 1. The van der Waals surface area contributed by atoms with Gasteiger partial charge in [0.1, 0.15) is 11.0 Å². The standard InChI is InChI=1S/C33H34N2O2.C2H6/c1-18(2)20-7-9-21(10-8-20)31-35-26-13-22-11-12-33(23(22)15-28(26)37-31)17-32(5,6)24-14-27-29(16-25(24)33)36-30(34-27)19(3)4;1-2/h7-10,13-16,18-19H,11-12,17H2,1-6H3;1-2H3. The zero-order chi connectivity index (χ0) is 27.7. The average Bonchev–Trinajstić information content (AvgIpc) is 3.66. The fourth-order valence-corrected chi connectivity index (χ4v) is 6.89. The second-order valence-corrected chi connectivity index (χ2v) is 12.5. The van der Waals surface area contributed by atoms with Gasteiger partial charge in [0, 0.05) is 16.9 Å². The Morgan fingerprint density at radius 3 is 2.10 bits per heavy atom. The van der Waals surface area contributed by atoms with Crippen molar-refractivity contribution in [2.75, 3.05) is 0 Å². The molecule has 0 saturated heterocycles. The molecule has 0 bridgehead atoms. The number of hydrogen-bond acceptors (Lipinski definition) is 4. The highest BCUT2D eigenvalue weighted by Crippen LogP contribution is 2.59. The van der Waals surface area contributed by atoms with E-state index >= 15 is 0 Å². The molecule has 0 N–H and O–H groups in total. The van der Waals surface area contributed by atoms with Crippen LogP contribution in [0.4, 0.5) is 0 Å². The van der Waals surface area contributed by atoms with Crippen LogP contribution in [0, 0.1) is 0 Å². The first kappa shape index (κ1) is 25.9. The second kappa shape index (κ2) is 9.08. The smallest absolute Gasteiger partial charge is 0.227 e. The lowest BCUT2D eigenvalue weighted by molar-refractivity contribution is 0.399. The first-order chi connectivity index (χ1) is 18.6. The minimum Gasteiger partial charge on any atom is -0.440 e. The van der Waals surface area contributed by atoms with E-state index in [0.29, 0.717) is 11.8 Å². The predicted octanol–water partition coefficient (Wildman–Crippen LogP) is 9.82. The molecule has 2 heterocycles. The summed E-state index contributed by atoms with van der Waals surface area (Å²) in [5.41, 5.74) is 11.7. The normalized spacial score (nSPS) is 19.2. The highest BCUT2D eigenvalue weighted by Gasteiger charge is 2.52. The fourth-order valence-electron chi connectivity index (χ4n) is 6.89. The maximum absolute atomic E-state index is 6.38. The highest BCUT2D eigenvalue weighted by molar-refractivity contribution is 5.82. The molecule has 1 atom stereocenters. The molecule has 4 nitrogen and oxygen atoms in total. The Morgan fingerprint density at radius 1 is 0.744 bits per heavy atom. The van der Waals surface area contributed by atoms with E-state index in [4.69, 9.17) is 18.8 Å². The van der Waals surface area contributed by atoms with E-state index in [1.54, 1.807) is 0 Å². The Kier molecular flexibility index (Phi) is 6.02. The van der Waals surface area contributed by atoms with Gasteiger partial charge in [-0.1, -0.05) is 67.5 Å². The van der Waals surface area contributed by atoms with Crippen LogP contribution in [0.3, 0.4) is 0 Å². The summed E-state index contributed by atoms with van der Waals surface area (Å²) in [5.74, 6) is 2.28. The Balaban J connectivity index is 0.00000135. The largest absolute Gasteiger partial charge is 0.440 e. The number of benzene rings is 3. The van der Waals surface area contributed by atoms with Crippen LogP contribution in [-0.4, -0.2) is 9.97 Å². The van der Waals surface area contributed by atoms with Crippen molar-refractivity contribution in [3.05, 3.63) is 82.2 Å². The number of aromatic nitrogens is 2. The highest BCUT2D eigenvalue weighted by atomic mass is 16.4. The maximum atomic E-state index is 6.38. The Hall–Kier alpha value is -3.40. The van der Waals surface area contributed by atoms with Gasteiger partial charge in [0.05, 0.1) is 0 Å². The van der Waals surface area contributed by atoms with Gasteiger partial charge in [0.25, 0.3) is 0 Å². The summed E-state index contributed by atoms with van der Waals surface area (Å²) in [6.07, 6.45) is 3.23. The van der Waals surface area contributed by atoms with Crippen LogP contribution in [0.1, 0.15) is 114 Å². The van der Waals surface area contributed by atoms with E-state index < -0.39 is 0 Å². The molecule has 0 aliphatic heterocycles. The zero-order valence-electron chi connectivity index (χ0n) is 24.6. The van der Waals surface area contributed by atoms with Gasteiger partial charge in [0.15, 0.2) is 17.1 Å². The predicted molar refractivity (Wildman–Crippen MR) is 160 cm³/mol. The third-order valence-corrected chi connectivity index (χ3v) is 8.80. The minimum absolute atomic E-state index is 0.0345. The van der Waals surface area contributed by atoms with Crippen LogP contribution in [0.25, 0.3) is 33.7 Å². The third-order valence-electron chi connectivity index (χ3n) is 8.80. The molecule has 4 heteroatoms. The van der Waals surface area contributed by atoms with Crippen LogP contribution in [0.2, 0.25) is 0 Å². The molecule has 3 aromatic carbocycles. The van der Waals surface area contributed by atoms with Gasteiger partial charge >= 0.3 is 0 Å². The van der Waals surface area contributed by atoms with Gasteiger partial charge in [-0.2, -0.15) is 0 Å². The number of hydrogen-bond donors (Lipinski definition) is 0. The van der Waals surface area contributed by atoms with Crippen LogP contribution in [-0.2, 0) is 17.3 Å². The summed E-state index contributed by atoms with van der Waals surface area (Å²) < 4.78 is 12.6.